The number of likely N-dealkylation sites (tertiary alicyclic amines) is 1. The lowest BCUT2D eigenvalue weighted by atomic mass is 10.0. The van der Waals surface area contributed by atoms with Gasteiger partial charge in [-0.2, -0.15) is 0 Å². The van der Waals surface area contributed by atoms with Crippen LogP contribution in [0.15, 0.2) is 17.1 Å². The van der Waals surface area contributed by atoms with Crippen LogP contribution in [0, 0.1) is 0 Å². The van der Waals surface area contributed by atoms with E-state index in [4.69, 9.17) is 0 Å². The molecule has 0 bridgehead atoms. The molecular formula is C17H33N5O. The summed E-state index contributed by atoms with van der Waals surface area (Å²) in [5.74, 6) is 0.763. The first-order valence-corrected chi connectivity index (χ1v) is 8.54. The van der Waals surface area contributed by atoms with Crippen molar-refractivity contribution in [2.75, 3.05) is 46.8 Å². The molecule has 6 nitrogen and oxygen atoms in total. The number of guanidine groups is 1. The number of carbonyl (C=O) groups excluding carboxylic acids is 1. The van der Waals surface area contributed by atoms with Crippen LogP contribution in [-0.4, -0.2) is 74.5 Å². The largest absolute Gasteiger partial charge is 0.356 e. The Kier molecular flexibility index (Phi) is 8.69. The zero-order valence-corrected chi connectivity index (χ0v) is 15.2. The summed E-state index contributed by atoms with van der Waals surface area (Å²) in [6.07, 6.45) is 3.20. The van der Waals surface area contributed by atoms with Gasteiger partial charge >= 0.3 is 0 Å². The van der Waals surface area contributed by atoms with Gasteiger partial charge in [-0.25, -0.2) is 4.99 Å². The predicted molar refractivity (Wildman–Crippen MR) is 96.7 cm³/mol. The standard InChI is InChI=1S/C17H33N5O/c1-6-9-18-17(19-12-16(23)21(4)5)20-15-7-10-22(11-8-15)13-14(2)3/h15H,2,6-13H2,1,3-5H3,(H2,18,19,20). The molecule has 0 radical (unpaired) electrons. The van der Waals surface area contributed by atoms with Crippen LogP contribution >= 0.6 is 0 Å². The summed E-state index contributed by atoms with van der Waals surface area (Å²) in [6, 6.07) is 0.411. The van der Waals surface area contributed by atoms with Crippen molar-refractivity contribution >= 4 is 11.9 Å². The fraction of sp³-hybridized carbons (Fsp3) is 0.765. The van der Waals surface area contributed by atoms with Crippen LogP contribution in [0.25, 0.3) is 0 Å². The van der Waals surface area contributed by atoms with E-state index in [-0.39, 0.29) is 12.5 Å². The summed E-state index contributed by atoms with van der Waals surface area (Å²) in [4.78, 5) is 20.1. The normalized spacial score (nSPS) is 17.0. The summed E-state index contributed by atoms with van der Waals surface area (Å²) >= 11 is 0. The number of hydrogen-bond acceptors (Lipinski definition) is 3. The van der Waals surface area contributed by atoms with Crippen LogP contribution in [0.3, 0.4) is 0 Å². The van der Waals surface area contributed by atoms with Crippen LogP contribution < -0.4 is 10.6 Å². The first kappa shape index (κ1) is 19.5. The molecule has 23 heavy (non-hydrogen) atoms. The fourth-order valence-corrected chi connectivity index (χ4v) is 2.49. The quantitative estimate of drug-likeness (QED) is 0.418. The van der Waals surface area contributed by atoms with Crippen molar-refractivity contribution < 1.29 is 4.79 Å². The molecule has 0 saturated carbocycles. The first-order valence-electron chi connectivity index (χ1n) is 8.54. The number of nitrogens with one attached hydrogen (secondary N) is 2. The average molecular weight is 323 g/mol. The van der Waals surface area contributed by atoms with Gasteiger partial charge in [-0.1, -0.05) is 19.1 Å². The van der Waals surface area contributed by atoms with Crippen LogP contribution in [-0.2, 0) is 4.79 Å². The Hall–Kier alpha value is -1.56. The summed E-state index contributed by atoms with van der Waals surface area (Å²) in [6.45, 7) is 12.3. The highest BCUT2D eigenvalue weighted by Gasteiger charge is 2.19. The van der Waals surface area contributed by atoms with Crippen molar-refractivity contribution in [2.24, 2.45) is 4.99 Å². The molecular weight excluding hydrogens is 290 g/mol. The van der Waals surface area contributed by atoms with Gasteiger partial charge in [0.25, 0.3) is 0 Å². The van der Waals surface area contributed by atoms with Crippen molar-refractivity contribution in [3.8, 4) is 0 Å². The highest BCUT2D eigenvalue weighted by Crippen LogP contribution is 2.11. The number of piperidine rings is 1. The smallest absolute Gasteiger partial charge is 0.243 e. The number of likely N-dealkylation sites (N-methyl/N-ethyl adjacent to an activating group) is 1. The summed E-state index contributed by atoms with van der Waals surface area (Å²) in [7, 11) is 3.50. The third kappa shape index (κ3) is 8.02. The summed E-state index contributed by atoms with van der Waals surface area (Å²) in [5, 5.41) is 6.77. The minimum Gasteiger partial charge on any atom is -0.356 e. The molecule has 0 aromatic rings. The Bertz CT molecular complexity index is 411. The molecule has 0 spiro atoms. The Balaban J connectivity index is 2.49. The minimum atomic E-state index is 0.0128. The molecule has 1 saturated heterocycles. The lowest BCUT2D eigenvalue weighted by molar-refractivity contribution is -0.127. The molecule has 1 rings (SSSR count). The summed E-state index contributed by atoms with van der Waals surface area (Å²) < 4.78 is 0. The molecule has 6 heteroatoms. The zero-order valence-electron chi connectivity index (χ0n) is 15.2. The Labute approximate surface area is 141 Å². The maximum absolute atomic E-state index is 11.7. The van der Waals surface area contributed by atoms with Gasteiger partial charge < -0.3 is 15.5 Å². The Morgan fingerprint density at radius 2 is 2.00 bits per heavy atom. The molecule has 1 amide bonds. The van der Waals surface area contributed by atoms with Gasteiger partial charge in [0.05, 0.1) is 0 Å². The first-order chi connectivity index (χ1) is 10.9. The van der Waals surface area contributed by atoms with Gasteiger partial charge in [-0.3, -0.25) is 9.69 Å². The fourth-order valence-electron chi connectivity index (χ4n) is 2.49. The Morgan fingerprint density at radius 3 is 2.52 bits per heavy atom. The van der Waals surface area contributed by atoms with Crippen LogP contribution in [0.4, 0.5) is 0 Å². The van der Waals surface area contributed by atoms with Gasteiger partial charge in [0.2, 0.25) is 5.91 Å². The van der Waals surface area contributed by atoms with E-state index < -0.39 is 0 Å². The van der Waals surface area contributed by atoms with Gasteiger partial charge in [0.1, 0.15) is 6.54 Å². The molecule has 1 fully saturated rings. The number of amides is 1. The molecule has 1 heterocycles. The number of nitrogens with zero attached hydrogens (tertiary/aromatic N) is 3. The van der Waals surface area contributed by atoms with Gasteiger partial charge in [0, 0.05) is 46.3 Å². The monoisotopic (exact) mass is 323 g/mol. The minimum absolute atomic E-state index is 0.0128. The van der Waals surface area contributed by atoms with Crippen molar-refractivity contribution in [1.29, 1.82) is 0 Å². The molecule has 0 aliphatic carbocycles. The number of aliphatic imine (C=N–C) groups is 1. The second-order valence-electron chi connectivity index (χ2n) is 6.53. The lowest BCUT2D eigenvalue weighted by Gasteiger charge is -2.33. The number of carbonyl (C=O) groups is 1. The second-order valence-corrected chi connectivity index (χ2v) is 6.53. The van der Waals surface area contributed by atoms with Crippen LogP contribution in [0.2, 0.25) is 0 Å². The van der Waals surface area contributed by atoms with E-state index in [0.29, 0.717) is 6.04 Å². The molecule has 0 aromatic heterocycles. The molecule has 1 aliphatic heterocycles. The molecule has 2 N–H and O–H groups in total. The maximum atomic E-state index is 11.7. The lowest BCUT2D eigenvalue weighted by Crippen LogP contribution is -2.49. The van der Waals surface area contributed by atoms with Gasteiger partial charge in [0.15, 0.2) is 5.96 Å². The third-order valence-electron chi connectivity index (χ3n) is 3.84. The number of hydrogen-bond donors (Lipinski definition) is 2. The zero-order chi connectivity index (χ0) is 17.2. The molecule has 132 valence electrons. The molecule has 0 unspecified atom stereocenters. The Morgan fingerprint density at radius 1 is 1.35 bits per heavy atom. The van der Waals surface area contributed by atoms with Crippen molar-refractivity contribution in [3.05, 3.63) is 12.2 Å². The van der Waals surface area contributed by atoms with Crippen molar-refractivity contribution in [2.45, 2.75) is 39.2 Å². The van der Waals surface area contributed by atoms with Gasteiger partial charge in [-0.05, 0) is 26.2 Å². The van der Waals surface area contributed by atoms with E-state index in [0.717, 1.165) is 51.4 Å². The van der Waals surface area contributed by atoms with E-state index >= 15 is 0 Å². The summed E-state index contributed by atoms with van der Waals surface area (Å²) in [5.41, 5.74) is 1.21. The van der Waals surface area contributed by atoms with Crippen LogP contribution in [0.1, 0.15) is 33.1 Å². The van der Waals surface area contributed by atoms with E-state index in [1.54, 1.807) is 19.0 Å². The highest BCUT2D eigenvalue weighted by atomic mass is 16.2. The topological polar surface area (TPSA) is 60.0 Å². The van der Waals surface area contributed by atoms with E-state index in [9.17, 15) is 4.79 Å². The van der Waals surface area contributed by atoms with E-state index in [2.05, 4.69) is 41.0 Å². The van der Waals surface area contributed by atoms with Gasteiger partial charge in [-0.15, -0.1) is 0 Å². The predicted octanol–water partition coefficient (Wildman–Crippen LogP) is 1.06. The second kappa shape index (κ2) is 10.3. The third-order valence-corrected chi connectivity index (χ3v) is 3.84. The van der Waals surface area contributed by atoms with Crippen LogP contribution in [0.5, 0.6) is 0 Å². The average Bonchev–Trinajstić information content (AvgIpc) is 2.50. The van der Waals surface area contributed by atoms with Crippen molar-refractivity contribution in [1.82, 2.24) is 20.4 Å². The molecule has 1 aliphatic rings. The highest BCUT2D eigenvalue weighted by molar-refractivity contribution is 5.84. The molecule has 0 atom stereocenters. The molecule has 0 aromatic carbocycles. The SMILES string of the molecule is C=C(C)CN1CCC(NC(=NCC(=O)N(C)C)NCCC)CC1. The van der Waals surface area contributed by atoms with Crippen molar-refractivity contribution in [3.63, 3.8) is 0 Å². The maximum Gasteiger partial charge on any atom is 0.243 e. The van der Waals surface area contributed by atoms with E-state index in [1.807, 2.05) is 0 Å². The number of rotatable bonds is 7. The van der Waals surface area contributed by atoms with E-state index in [1.165, 1.54) is 5.57 Å².